The molecular formula is C15H15Cl2NO. The van der Waals surface area contributed by atoms with Crippen molar-refractivity contribution < 1.29 is 4.74 Å². The van der Waals surface area contributed by atoms with Crippen molar-refractivity contribution in [3.63, 3.8) is 0 Å². The Hall–Kier alpha value is -1.38. The van der Waals surface area contributed by atoms with Crippen LogP contribution in [0.15, 0.2) is 36.4 Å². The van der Waals surface area contributed by atoms with Crippen LogP contribution in [0.1, 0.15) is 11.1 Å². The molecule has 2 nitrogen and oxygen atoms in total. The Labute approximate surface area is 123 Å². The summed E-state index contributed by atoms with van der Waals surface area (Å²) in [5.74, 6) is 0.654. The minimum atomic E-state index is 0.599. The molecule has 0 unspecified atom stereocenters. The van der Waals surface area contributed by atoms with Gasteiger partial charge in [0.2, 0.25) is 0 Å². The fourth-order valence-corrected chi connectivity index (χ4v) is 2.26. The fraction of sp³-hybridized carbons (Fsp3) is 0.200. The van der Waals surface area contributed by atoms with Crippen LogP contribution in [0.5, 0.6) is 5.75 Å². The number of benzene rings is 2. The number of nitrogens with one attached hydrogen (secondary N) is 1. The molecule has 2 rings (SSSR count). The molecule has 2 aromatic carbocycles. The zero-order valence-electron chi connectivity index (χ0n) is 10.8. The van der Waals surface area contributed by atoms with Crippen LogP contribution in [0, 0.1) is 6.92 Å². The molecule has 2 aromatic rings. The van der Waals surface area contributed by atoms with Gasteiger partial charge in [0.1, 0.15) is 5.75 Å². The van der Waals surface area contributed by atoms with Gasteiger partial charge in [0.25, 0.3) is 0 Å². The minimum absolute atomic E-state index is 0.599. The summed E-state index contributed by atoms with van der Waals surface area (Å²) in [6.45, 7) is 2.68. The van der Waals surface area contributed by atoms with Gasteiger partial charge in [0.05, 0.1) is 12.1 Å². The fourth-order valence-electron chi connectivity index (χ4n) is 1.76. The number of hydrogen-bond donors (Lipinski definition) is 1. The van der Waals surface area contributed by atoms with Gasteiger partial charge in [-0.25, -0.2) is 0 Å². The molecule has 0 atom stereocenters. The van der Waals surface area contributed by atoms with Crippen molar-refractivity contribution in [2.45, 2.75) is 13.5 Å². The largest absolute Gasteiger partial charge is 0.495 e. The molecule has 0 amide bonds. The lowest BCUT2D eigenvalue weighted by Gasteiger charge is -2.10. The monoisotopic (exact) mass is 295 g/mol. The lowest BCUT2D eigenvalue weighted by Crippen LogP contribution is -2.00. The zero-order chi connectivity index (χ0) is 13.8. The van der Waals surface area contributed by atoms with E-state index >= 15 is 0 Å². The maximum absolute atomic E-state index is 6.19. The maximum Gasteiger partial charge on any atom is 0.139 e. The Morgan fingerprint density at radius 2 is 1.84 bits per heavy atom. The molecule has 0 aliphatic heterocycles. The van der Waals surface area contributed by atoms with Gasteiger partial charge in [0.15, 0.2) is 0 Å². The summed E-state index contributed by atoms with van der Waals surface area (Å²) >= 11 is 12.2. The van der Waals surface area contributed by atoms with Crippen LogP contribution in [0.3, 0.4) is 0 Å². The highest BCUT2D eigenvalue weighted by Gasteiger charge is 2.03. The highest BCUT2D eigenvalue weighted by molar-refractivity contribution is 6.32. The summed E-state index contributed by atoms with van der Waals surface area (Å²) in [6.07, 6.45) is 0. The van der Waals surface area contributed by atoms with Gasteiger partial charge >= 0.3 is 0 Å². The third-order valence-electron chi connectivity index (χ3n) is 2.84. The third-order valence-corrected chi connectivity index (χ3v) is 3.51. The van der Waals surface area contributed by atoms with Crippen LogP contribution < -0.4 is 10.1 Å². The van der Waals surface area contributed by atoms with Gasteiger partial charge in [-0.05, 0) is 36.2 Å². The van der Waals surface area contributed by atoms with Crippen LogP contribution in [-0.2, 0) is 6.54 Å². The number of anilines is 1. The molecule has 0 aliphatic rings. The van der Waals surface area contributed by atoms with E-state index in [2.05, 4.69) is 5.32 Å². The molecule has 4 heteroatoms. The van der Waals surface area contributed by atoms with Gasteiger partial charge in [-0.2, -0.15) is 0 Å². The Morgan fingerprint density at radius 3 is 2.53 bits per heavy atom. The first-order chi connectivity index (χ1) is 9.10. The molecule has 0 saturated heterocycles. The maximum atomic E-state index is 6.19. The second-order valence-electron chi connectivity index (χ2n) is 4.30. The van der Waals surface area contributed by atoms with Crippen molar-refractivity contribution in [3.05, 3.63) is 57.6 Å². The van der Waals surface area contributed by atoms with Crippen LogP contribution in [0.4, 0.5) is 5.69 Å². The normalized spacial score (nSPS) is 10.3. The van der Waals surface area contributed by atoms with Gasteiger partial charge in [-0.3, -0.25) is 0 Å². The highest BCUT2D eigenvalue weighted by atomic mass is 35.5. The zero-order valence-corrected chi connectivity index (χ0v) is 12.3. The summed E-state index contributed by atoms with van der Waals surface area (Å²) in [4.78, 5) is 0. The van der Waals surface area contributed by atoms with Crippen LogP contribution >= 0.6 is 23.2 Å². The molecule has 0 heterocycles. The minimum Gasteiger partial charge on any atom is -0.495 e. The van der Waals surface area contributed by atoms with E-state index in [1.54, 1.807) is 13.2 Å². The van der Waals surface area contributed by atoms with Gasteiger partial charge in [0, 0.05) is 23.3 Å². The molecule has 0 radical (unpaired) electrons. The Balaban J connectivity index is 2.10. The van der Waals surface area contributed by atoms with E-state index in [4.69, 9.17) is 27.9 Å². The number of ether oxygens (including phenoxy) is 1. The van der Waals surface area contributed by atoms with Crippen molar-refractivity contribution in [3.8, 4) is 5.75 Å². The summed E-state index contributed by atoms with van der Waals surface area (Å²) in [7, 11) is 1.60. The third kappa shape index (κ3) is 3.55. The molecule has 1 N–H and O–H groups in total. The molecule has 0 saturated carbocycles. The van der Waals surface area contributed by atoms with Gasteiger partial charge < -0.3 is 10.1 Å². The van der Waals surface area contributed by atoms with E-state index < -0.39 is 0 Å². The average molecular weight is 296 g/mol. The van der Waals surface area contributed by atoms with Crippen molar-refractivity contribution in [1.82, 2.24) is 0 Å². The number of hydrogen-bond acceptors (Lipinski definition) is 2. The lowest BCUT2D eigenvalue weighted by molar-refractivity contribution is 0.415. The predicted octanol–water partition coefficient (Wildman–Crippen LogP) is 4.92. The second-order valence-corrected chi connectivity index (χ2v) is 5.11. The summed E-state index contributed by atoms with van der Waals surface area (Å²) in [6, 6.07) is 11.6. The van der Waals surface area contributed by atoms with Crippen LogP contribution in [0.25, 0.3) is 0 Å². The molecule has 100 valence electrons. The molecular weight excluding hydrogens is 281 g/mol. The Kier molecular flexibility index (Phi) is 4.56. The van der Waals surface area contributed by atoms with E-state index in [1.807, 2.05) is 37.3 Å². The topological polar surface area (TPSA) is 21.3 Å². The van der Waals surface area contributed by atoms with Crippen molar-refractivity contribution in [2.24, 2.45) is 0 Å². The first-order valence-electron chi connectivity index (χ1n) is 5.92. The molecule has 0 spiro atoms. The smallest absolute Gasteiger partial charge is 0.139 e. The molecule has 19 heavy (non-hydrogen) atoms. The Morgan fingerprint density at radius 1 is 1.05 bits per heavy atom. The summed E-state index contributed by atoms with van der Waals surface area (Å²) in [5, 5.41) is 4.67. The van der Waals surface area contributed by atoms with E-state index in [0.717, 1.165) is 21.8 Å². The average Bonchev–Trinajstić information content (AvgIpc) is 2.39. The van der Waals surface area contributed by atoms with E-state index in [-0.39, 0.29) is 0 Å². The first kappa shape index (κ1) is 14.0. The summed E-state index contributed by atoms with van der Waals surface area (Å²) < 4.78 is 5.18. The van der Waals surface area contributed by atoms with Gasteiger partial charge in [-0.1, -0.05) is 35.3 Å². The molecule has 0 fully saturated rings. The van der Waals surface area contributed by atoms with Crippen molar-refractivity contribution in [1.29, 1.82) is 0 Å². The predicted molar refractivity (Wildman–Crippen MR) is 81.5 cm³/mol. The van der Waals surface area contributed by atoms with Crippen molar-refractivity contribution >= 4 is 28.9 Å². The van der Waals surface area contributed by atoms with E-state index in [0.29, 0.717) is 17.3 Å². The SMILES string of the molecule is COc1cc(NCc2ccc(C)cc2Cl)ccc1Cl. The molecule has 0 bridgehead atoms. The van der Waals surface area contributed by atoms with Crippen LogP contribution in [-0.4, -0.2) is 7.11 Å². The van der Waals surface area contributed by atoms with Crippen molar-refractivity contribution in [2.75, 3.05) is 12.4 Å². The number of methoxy groups -OCH3 is 1. The van der Waals surface area contributed by atoms with E-state index in [1.165, 1.54) is 0 Å². The number of rotatable bonds is 4. The summed E-state index contributed by atoms with van der Waals surface area (Å²) in [5.41, 5.74) is 3.15. The highest BCUT2D eigenvalue weighted by Crippen LogP contribution is 2.28. The van der Waals surface area contributed by atoms with E-state index in [9.17, 15) is 0 Å². The standard InChI is InChI=1S/C15H15Cl2NO/c1-10-3-4-11(14(17)7-10)9-18-12-5-6-13(16)15(8-12)19-2/h3-8,18H,9H2,1-2H3. The quantitative estimate of drug-likeness (QED) is 0.864. The lowest BCUT2D eigenvalue weighted by atomic mass is 10.1. The molecule has 0 aliphatic carbocycles. The second kappa shape index (κ2) is 6.18. The number of aryl methyl sites for hydroxylation is 1. The van der Waals surface area contributed by atoms with Crippen LogP contribution in [0.2, 0.25) is 10.0 Å². The Bertz CT molecular complexity index is 584. The van der Waals surface area contributed by atoms with Gasteiger partial charge in [-0.15, -0.1) is 0 Å². The number of halogens is 2. The molecule has 0 aromatic heterocycles. The first-order valence-corrected chi connectivity index (χ1v) is 6.68.